The van der Waals surface area contributed by atoms with Gasteiger partial charge in [0.1, 0.15) is 12.4 Å². The fraction of sp³-hybridized carbons (Fsp3) is 0.625. The van der Waals surface area contributed by atoms with Crippen LogP contribution in [0.5, 0.6) is 5.75 Å². The molecule has 0 amide bonds. The molecule has 102 valence electrons. The van der Waals surface area contributed by atoms with E-state index >= 15 is 0 Å². The van der Waals surface area contributed by atoms with Crippen molar-refractivity contribution < 1.29 is 4.74 Å². The van der Waals surface area contributed by atoms with Gasteiger partial charge in [-0.1, -0.05) is 45.4 Å². The van der Waals surface area contributed by atoms with Gasteiger partial charge in [-0.15, -0.1) is 0 Å². The minimum absolute atomic E-state index is 0.114. The highest BCUT2D eigenvalue weighted by Gasteiger charge is 2.19. The molecule has 0 aliphatic rings. The van der Waals surface area contributed by atoms with E-state index in [0.717, 1.165) is 18.8 Å². The maximum atomic E-state index is 6.00. The summed E-state index contributed by atoms with van der Waals surface area (Å²) in [5, 5.41) is 3.27. The van der Waals surface area contributed by atoms with Crippen molar-refractivity contribution in [2.75, 3.05) is 13.7 Å². The fourth-order valence-electron chi connectivity index (χ4n) is 1.95. The fourth-order valence-corrected chi connectivity index (χ4v) is 1.95. The second-order valence-electron chi connectivity index (χ2n) is 5.95. The number of hydrogen-bond donors (Lipinski definition) is 1. The summed E-state index contributed by atoms with van der Waals surface area (Å²) in [4.78, 5) is 0. The quantitative estimate of drug-likeness (QED) is 0.859. The Kier molecular flexibility index (Phi) is 5.21. The van der Waals surface area contributed by atoms with E-state index in [9.17, 15) is 0 Å². The summed E-state index contributed by atoms with van der Waals surface area (Å²) >= 11 is 0. The van der Waals surface area contributed by atoms with E-state index in [0.29, 0.717) is 6.04 Å². The lowest BCUT2D eigenvalue weighted by atomic mass is 9.85. The summed E-state index contributed by atoms with van der Waals surface area (Å²) in [6, 6.07) is 6.86. The van der Waals surface area contributed by atoms with Crippen LogP contribution >= 0.6 is 0 Å². The second-order valence-corrected chi connectivity index (χ2v) is 5.95. The van der Waals surface area contributed by atoms with E-state index in [2.05, 4.69) is 58.1 Å². The molecule has 1 rings (SSSR count). The first-order valence-corrected chi connectivity index (χ1v) is 6.79. The molecular formula is C16H27NO. The van der Waals surface area contributed by atoms with Crippen LogP contribution in [0.25, 0.3) is 0 Å². The number of aryl methyl sites for hydroxylation is 1. The molecule has 0 saturated heterocycles. The molecule has 0 heterocycles. The maximum Gasteiger partial charge on any atom is 0.123 e. The van der Waals surface area contributed by atoms with Crippen LogP contribution in [-0.2, 0) is 5.41 Å². The van der Waals surface area contributed by atoms with Gasteiger partial charge in [0, 0.05) is 6.04 Å². The normalized spacial score (nSPS) is 13.4. The second kappa shape index (κ2) is 6.24. The van der Waals surface area contributed by atoms with Gasteiger partial charge in [-0.25, -0.2) is 0 Å². The Hall–Kier alpha value is -1.02. The molecule has 0 spiro atoms. The van der Waals surface area contributed by atoms with Gasteiger partial charge in [0.2, 0.25) is 0 Å². The summed E-state index contributed by atoms with van der Waals surface area (Å²) in [6.07, 6.45) is 1.08. The summed E-state index contributed by atoms with van der Waals surface area (Å²) < 4.78 is 6.00. The summed E-state index contributed by atoms with van der Waals surface area (Å²) in [5.41, 5.74) is 2.68. The zero-order valence-corrected chi connectivity index (χ0v) is 12.6. The van der Waals surface area contributed by atoms with E-state index < -0.39 is 0 Å². The first-order chi connectivity index (χ1) is 8.38. The predicted octanol–water partition coefficient (Wildman–Crippen LogP) is 3.67. The largest absolute Gasteiger partial charge is 0.492 e. The van der Waals surface area contributed by atoms with Crippen LogP contribution in [0.15, 0.2) is 18.2 Å². The third-order valence-corrected chi connectivity index (χ3v) is 3.28. The molecule has 0 fully saturated rings. The third kappa shape index (κ3) is 4.02. The first-order valence-electron chi connectivity index (χ1n) is 6.79. The molecule has 1 atom stereocenters. The SMILES string of the molecule is CCC(COc1ccc(C)cc1C(C)(C)C)NC. The molecule has 1 N–H and O–H groups in total. The lowest BCUT2D eigenvalue weighted by Gasteiger charge is -2.24. The molecule has 0 aliphatic carbocycles. The van der Waals surface area contributed by atoms with Gasteiger partial charge >= 0.3 is 0 Å². The zero-order chi connectivity index (χ0) is 13.8. The van der Waals surface area contributed by atoms with Gasteiger partial charge in [0.15, 0.2) is 0 Å². The standard InChI is InChI=1S/C16H27NO/c1-7-13(17-6)11-18-15-9-8-12(2)10-14(15)16(3,4)5/h8-10,13,17H,7,11H2,1-6H3. The minimum atomic E-state index is 0.114. The highest BCUT2D eigenvalue weighted by Crippen LogP contribution is 2.32. The lowest BCUT2D eigenvalue weighted by Crippen LogP contribution is -2.31. The summed E-state index contributed by atoms with van der Waals surface area (Å²) in [7, 11) is 1.98. The minimum Gasteiger partial charge on any atom is -0.492 e. The molecule has 0 bridgehead atoms. The molecule has 1 aromatic rings. The highest BCUT2D eigenvalue weighted by atomic mass is 16.5. The number of ether oxygens (including phenoxy) is 1. The molecule has 0 saturated carbocycles. The van der Waals surface area contributed by atoms with Crippen molar-refractivity contribution >= 4 is 0 Å². The Balaban J connectivity index is 2.88. The number of rotatable bonds is 5. The van der Waals surface area contributed by atoms with Crippen LogP contribution in [0.3, 0.4) is 0 Å². The molecule has 18 heavy (non-hydrogen) atoms. The molecule has 2 heteroatoms. The van der Waals surface area contributed by atoms with E-state index in [-0.39, 0.29) is 5.41 Å². The third-order valence-electron chi connectivity index (χ3n) is 3.28. The van der Waals surface area contributed by atoms with Gasteiger partial charge in [-0.05, 0) is 37.4 Å². The summed E-state index contributed by atoms with van der Waals surface area (Å²) in [6.45, 7) is 11.7. The van der Waals surface area contributed by atoms with Crippen molar-refractivity contribution in [1.82, 2.24) is 5.32 Å². The van der Waals surface area contributed by atoms with E-state index in [1.54, 1.807) is 0 Å². The number of hydrogen-bond acceptors (Lipinski definition) is 2. The highest BCUT2D eigenvalue weighted by molar-refractivity contribution is 5.41. The van der Waals surface area contributed by atoms with Crippen LogP contribution < -0.4 is 10.1 Å². The van der Waals surface area contributed by atoms with Gasteiger partial charge in [-0.2, -0.15) is 0 Å². The van der Waals surface area contributed by atoms with Gasteiger partial charge < -0.3 is 10.1 Å². The van der Waals surface area contributed by atoms with Crippen molar-refractivity contribution in [3.8, 4) is 5.75 Å². The topological polar surface area (TPSA) is 21.3 Å². The molecule has 1 unspecified atom stereocenters. The van der Waals surface area contributed by atoms with Crippen LogP contribution in [-0.4, -0.2) is 19.7 Å². The Morgan fingerprint density at radius 2 is 1.94 bits per heavy atom. The number of benzene rings is 1. The van der Waals surface area contributed by atoms with Gasteiger partial charge in [0.25, 0.3) is 0 Å². The Labute approximate surface area is 112 Å². The van der Waals surface area contributed by atoms with E-state index in [4.69, 9.17) is 4.74 Å². The average Bonchev–Trinajstić information content (AvgIpc) is 2.30. The van der Waals surface area contributed by atoms with Crippen LogP contribution in [0, 0.1) is 6.92 Å². The van der Waals surface area contributed by atoms with Gasteiger partial charge in [-0.3, -0.25) is 0 Å². The zero-order valence-electron chi connectivity index (χ0n) is 12.6. The monoisotopic (exact) mass is 249 g/mol. The van der Waals surface area contributed by atoms with Crippen molar-refractivity contribution in [3.63, 3.8) is 0 Å². The molecule has 0 aromatic heterocycles. The van der Waals surface area contributed by atoms with E-state index in [1.165, 1.54) is 11.1 Å². The lowest BCUT2D eigenvalue weighted by molar-refractivity contribution is 0.261. The molecular weight excluding hydrogens is 222 g/mol. The summed E-state index contributed by atoms with van der Waals surface area (Å²) in [5.74, 6) is 1.02. The Morgan fingerprint density at radius 1 is 1.28 bits per heavy atom. The number of nitrogens with one attached hydrogen (secondary N) is 1. The first kappa shape index (κ1) is 15.0. The predicted molar refractivity (Wildman–Crippen MR) is 78.5 cm³/mol. The average molecular weight is 249 g/mol. The molecule has 0 aliphatic heterocycles. The molecule has 0 radical (unpaired) electrons. The number of likely N-dealkylation sites (N-methyl/N-ethyl adjacent to an activating group) is 1. The van der Waals surface area contributed by atoms with Gasteiger partial charge in [0.05, 0.1) is 0 Å². The van der Waals surface area contributed by atoms with Crippen molar-refractivity contribution in [1.29, 1.82) is 0 Å². The van der Waals surface area contributed by atoms with E-state index in [1.807, 2.05) is 7.05 Å². The van der Waals surface area contributed by atoms with Crippen LogP contribution in [0.4, 0.5) is 0 Å². The van der Waals surface area contributed by atoms with Crippen molar-refractivity contribution in [3.05, 3.63) is 29.3 Å². The Morgan fingerprint density at radius 3 is 2.44 bits per heavy atom. The molecule has 2 nitrogen and oxygen atoms in total. The van der Waals surface area contributed by atoms with Crippen LogP contribution in [0.2, 0.25) is 0 Å². The van der Waals surface area contributed by atoms with Crippen LogP contribution in [0.1, 0.15) is 45.2 Å². The van der Waals surface area contributed by atoms with Crippen molar-refractivity contribution in [2.24, 2.45) is 0 Å². The molecule has 1 aromatic carbocycles. The van der Waals surface area contributed by atoms with Crippen molar-refractivity contribution in [2.45, 2.75) is 52.5 Å². The maximum absolute atomic E-state index is 6.00. The smallest absolute Gasteiger partial charge is 0.123 e. The Bertz CT molecular complexity index is 375.